The number of hydrogen-bond donors (Lipinski definition) is 2. The Hall–Kier alpha value is -1.24. The maximum atomic E-state index is 11.9. The third-order valence-corrected chi connectivity index (χ3v) is 5.12. The van der Waals surface area contributed by atoms with E-state index >= 15 is 0 Å². The molecule has 2 N–H and O–H groups in total. The fourth-order valence-electron chi connectivity index (χ4n) is 2.35. The summed E-state index contributed by atoms with van der Waals surface area (Å²) in [6, 6.07) is 4.05. The van der Waals surface area contributed by atoms with Crippen molar-refractivity contribution in [3.8, 4) is 10.6 Å². The second kappa shape index (κ2) is 6.47. The lowest BCUT2D eigenvalue weighted by atomic mass is 10.0. The summed E-state index contributed by atoms with van der Waals surface area (Å²) < 4.78 is 0. The molecule has 1 aliphatic heterocycles. The van der Waals surface area contributed by atoms with Gasteiger partial charge in [-0.2, -0.15) is 0 Å². The van der Waals surface area contributed by atoms with E-state index in [4.69, 9.17) is 0 Å². The van der Waals surface area contributed by atoms with Gasteiger partial charge in [-0.3, -0.25) is 4.79 Å². The number of hydrogen-bond acceptors (Lipinski definition) is 5. The first-order valence-electron chi connectivity index (χ1n) is 6.81. The largest absolute Gasteiger partial charge is 0.316 e. The van der Waals surface area contributed by atoms with Crippen LogP contribution < -0.4 is 10.6 Å². The fraction of sp³-hybridized carbons (Fsp3) is 0.429. The standard InChI is InChI=1S/C14H17N3OS2/c18-13(4-3-10-5-6-15-8-10)17-14-16-11(9-20-14)12-2-1-7-19-12/h1-2,7,9-10,15H,3-6,8H2,(H,16,17,18). The van der Waals surface area contributed by atoms with E-state index in [9.17, 15) is 4.79 Å². The molecule has 1 fully saturated rings. The molecule has 6 heteroatoms. The van der Waals surface area contributed by atoms with Gasteiger partial charge in [-0.25, -0.2) is 4.98 Å². The quantitative estimate of drug-likeness (QED) is 0.892. The first-order chi connectivity index (χ1) is 9.81. The van der Waals surface area contributed by atoms with Gasteiger partial charge in [0.15, 0.2) is 5.13 Å². The van der Waals surface area contributed by atoms with Gasteiger partial charge in [0.1, 0.15) is 0 Å². The summed E-state index contributed by atoms with van der Waals surface area (Å²) in [6.45, 7) is 2.13. The van der Waals surface area contributed by atoms with Crippen LogP contribution in [-0.2, 0) is 4.79 Å². The van der Waals surface area contributed by atoms with Gasteiger partial charge in [-0.1, -0.05) is 6.07 Å². The number of carbonyl (C=O) groups is 1. The number of thiophene rings is 1. The summed E-state index contributed by atoms with van der Waals surface area (Å²) >= 11 is 3.15. The SMILES string of the molecule is O=C(CCC1CCNC1)Nc1nc(-c2cccs2)cs1. The Morgan fingerprint density at radius 3 is 3.20 bits per heavy atom. The molecule has 3 rings (SSSR count). The van der Waals surface area contributed by atoms with Gasteiger partial charge in [-0.05, 0) is 43.3 Å². The van der Waals surface area contributed by atoms with Crippen molar-refractivity contribution in [1.82, 2.24) is 10.3 Å². The van der Waals surface area contributed by atoms with Crippen LogP contribution in [0.25, 0.3) is 10.6 Å². The number of carbonyl (C=O) groups excluding carboxylic acids is 1. The van der Waals surface area contributed by atoms with Crippen molar-refractivity contribution >= 4 is 33.7 Å². The second-order valence-corrected chi connectivity index (χ2v) is 6.77. The highest BCUT2D eigenvalue weighted by molar-refractivity contribution is 7.16. The summed E-state index contributed by atoms with van der Waals surface area (Å²) in [5, 5.41) is 10.9. The molecule has 0 aromatic carbocycles. The van der Waals surface area contributed by atoms with Crippen molar-refractivity contribution in [3.05, 3.63) is 22.9 Å². The first-order valence-corrected chi connectivity index (χ1v) is 8.57. The molecule has 20 heavy (non-hydrogen) atoms. The molecule has 1 atom stereocenters. The molecule has 1 unspecified atom stereocenters. The normalized spacial score (nSPS) is 18.3. The molecule has 3 heterocycles. The van der Waals surface area contributed by atoms with E-state index < -0.39 is 0 Å². The van der Waals surface area contributed by atoms with Crippen LogP contribution in [0.15, 0.2) is 22.9 Å². The Labute approximate surface area is 126 Å². The Morgan fingerprint density at radius 1 is 1.50 bits per heavy atom. The van der Waals surface area contributed by atoms with E-state index in [1.54, 1.807) is 11.3 Å². The molecule has 106 valence electrons. The van der Waals surface area contributed by atoms with Gasteiger partial charge in [0.05, 0.1) is 10.6 Å². The number of thiazole rings is 1. The lowest BCUT2D eigenvalue weighted by Crippen LogP contribution is -2.14. The molecule has 4 nitrogen and oxygen atoms in total. The number of anilines is 1. The monoisotopic (exact) mass is 307 g/mol. The minimum absolute atomic E-state index is 0.0731. The molecule has 0 spiro atoms. The molecule has 2 aromatic rings. The van der Waals surface area contributed by atoms with Crippen LogP contribution >= 0.6 is 22.7 Å². The summed E-state index contributed by atoms with van der Waals surface area (Å²) in [6.07, 6.45) is 2.73. The van der Waals surface area contributed by atoms with E-state index in [1.165, 1.54) is 17.8 Å². The van der Waals surface area contributed by atoms with Crippen LogP contribution in [0.3, 0.4) is 0 Å². The van der Waals surface area contributed by atoms with Gasteiger partial charge in [0.2, 0.25) is 5.91 Å². The number of nitrogens with one attached hydrogen (secondary N) is 2. The van der Waals surface area contributed by atoms with Gasteiger partial charge < -0.3 is 10.6 Å². The molecule has 0 saturated carbocycles. The summed E-state index contributed by atoms with van der Waals surface area (Å²) in [7, 11) is 0. The fourth-order valence-corrected chi connectivity index (χ4v) is 3.83. The highest BCUT2D eigenvalue weighted by Crippen LogP contribution is 2.28. The van der Waals surface area contributed by atoms with E-state index in [-0.39, 0.29) is 5.91 Å². The molecule has 0 radical (unpaired) electrons. The first kappa shape index (κ1) is 13.7. The van der Waals surface area contributed by atoms with Crippen molar-refractivity contribution in [2.45, 2.75) is 19.3 Å². The van der Waals surface area contributed by atoms with E-state index in [0.29, 0.717) is 17.5 Å². The van der Waals surface area contributed by atoms with Gasteiger partial charge in [0, 0.05) is 11.8 Å². The number of nitrogens with zero attached hydrogens (tertiary/aromatic N) is 1. The van der Waals surface area contributed by atoms with E-state index in [0.717, 1.165) is 30.1 Å². The Kier molecular flexibility index (Phi) is 4.44. The number of aromatic nitrogens is 1. The van der Waals surface area contributed by atoms with Crippen LogP contribution in [0.2, 0.25) is 0 Å². The van der Waals surface area contributed by atoms with Crippen molar-refractivity contribution < 1.29 is 4.79 Å². The molecule has 2 aromatic heterocycles. The second-order valence-electron chi connectivity index (χ2n) is 4.96. The van der Waals surface area contributed by atoms with Crippen molar-refractivity contribution in [1.29, 1.82) is 0 Å². The smallest absolute Gasteiger partial charge is 0.226 e. The topological polar surface area (TPSA) is 54.0 Å². The van der Waals surface area contributed by atoms with Crippen molar-refractivity contribution in [3.63, 3.8) is 0 Å². The van der Waals surface area contributed by atoms with Crippen molar-refractivity contribution in [2.75, 3.05) is 18.4 Å². The molecular formula is C14H17N3OS2. The maximum absolute atomic E-state index is 11.9. The lowest BCUT2D eigenvalue weighted by molar-refractivity contribution is -0.116. The summed E-state index contributed by atoms with van der Waals surface area (Å²) in [5.74, 6) is 0.725. The average Bonchev–Trinajstić information content (AvgIpc) is 3.18. The minimum Gasteiger partial charge on any atom is -0.316 e. The predicted octanol–water partition coefficient (Wildman–Crippen LogP) is 3.20. The molecule has 0 aliphatic carbocycles. The zero-order valence-corrected chi connectivity index (χ0v) is 12.7. The minimum atomic E-state index is 0.0731. The average molecular weight is 307 g/mol. The maximum Gasteiger partial charge on any atom is 0.226 e. The number of amides is 1. The highest BCUT2D eigenvalue weighted by Gasteiger charge is 2.16. The van der Waals surface area contributed by atoms with Crippen molar-refractivity contribution in [2.24, 2.45) is 5.92 Å². The van der Waals surface area contributed by atoms with Gasteiger partial charge >= 0.3 is 0 Å². The van der Waals surface area contributed by atoms with Gasteiger partial charge in [-0.15, -0.1) is 22.7 Å². The Morgan fingerprint density at radius 2 is 2.45 bits per heavy atom. The van der Waals surface area contributed by atoms with E-state index in [1.807, 2.05) is 22.9 Å². The molecule has 1 aliphatic rings. The third-order valence-electron chi connectivity index (χ3n) is 3.47. The Balaban J connectivity index is 1.51. The van der Waals surface area contributed by atoms with Crippen LogP contribution in [0, 0.1) is 5.92 Å². The lowest BCUT2D eigenvalue weighted by Gasteiger charge is -2.06. The third kappa shape index (κ3) is 3.45. The molecule has 1 saturated heterocycles. The predicted molar refractivity (Wildman–Crippen MR) is 84.3 cm³/mol. The summed E-state index contributed by atoms with van der Waals surface area (Å²) in [4.78, 5) is 17.5. The molecule has 1 amide bonds. The van der Waals surface area contributed by atoms with Crippen LogP contribution in [0.1, 0.15) is 19.3 Å². The van der Waals surface area contributed by atoms with E-state index in [2.05, 4.69) is 15.6 Å². The Bertz CT molecular complexity index is 559. The zero-order chi connectivity index (χ0) is 13.8. The number of rotatable bonds is 5. The highest BCUT2D eigenvalue weighted by atomic mass is 32.1. The van der Waals surface area contributed by atoms with Crippen LogP contribution in [0.4, 0.5) is 5.13 Å². The zero-order valence-electron chi connectivity index (χ0n) is 11.1. The summed E-state index contributed by atoms with van der Waals surface area (Å²) in [5.41, 5.74) is 0.945. The van der Waals surface area contributed by atoms with Gasteiger partial charge in [0.25, 0.3) is 0 Å². The van der Waals surface area contributed by atoms with Crippen LogP contribution in [0.5, 0.6) is 0 Å². The van der Waals surface area contributed by atoms with Crippen LogP contribution in [-0.4, -0.2) is 24.0 Å². The molecular weight excluding hydrogens is 290 g/mol. The molecule has 0 bridgehead atoms.